The topological polar surface area (TPSA) is 0 Å². The number of hydrogen-bond acceptors (Lipinski definition) is 0. The van der Waals surface area contributed by atoms with Crippen LogP contribution in [0.1, 0.15) is 85.5 Å². The van der Waals surface area contributed by atoms with Gasteiger partial charge in [0.1, 0.15) is 0 Å². The highest BCUT2D eigenvalue weighted by Crippen LogP contribution is 2.11. The van der Waals surface area contributed by atoms with Crippen molar-refractivity contribution in [3.05, 3.63) is 35.5 Å². The Morgan fingerprint density at radius 3 is 2.26 bits per heavy atom. The Kier molecular flexibility index (Phi) is 13.1. The van der Waals surface area contributed by atoms with Crippen molar-refractivity contribution >= 4 is 0 Å². The normalized spacial score (nSPS) is 13.5. The molecule has 0 unspecified atom stereocenters. The molecule has 0 aliphatic heterocycles. The number of hydrogen-bond donors (Lipinski definition) is 0. The fraction of sp³-hybridized carbons (Fsp3) is 0.684. The molecule has 0 nitrogen and oxygen atoms in total. The van der Waals surface area contributed by atoms with Crippen LogP contribution < -0.4 is 0 Å². The summed E-state index contributed by atoms with van der Waals surface area (Å²) in [4.78, 5) is 0. The minimum Gasteiger partial charge on any atom is -0.0856 e. The molecule has 110 valence electrons. The van der Waals surface area contributed by atoms with Crippen molar-refractivity contribution in [1.82, 2.24) is 0 Å². The third-order valence-electron chi connectivity index (χ3n) is 3.42. The predicted octanol–water partition coefficient (Wildman–Crippen LogP) is 6.99. The van der Waals surface area contributed by atoms with Gasteiger partial charge in [-0.2, -0.15) is 0 Å². The van der Waals surface area contributed by atoms with E-state index in [1.165, 1.54) is 56.9 Å². The van der Waals surface area contributed by atoms with Gasteiger partial charge in [-0.05, 0) is 46.0 Å². The lowest BCUT2D eigenvalue weighted by atomic mass is 10.1. The van der Waals surface area contributed by atoms with Crippen molar-refractivity contribution in [3.63, 3.8) is 0 Å². The molecule has 19 heavy (non-hydrogen) atoms. The molecule has 0 N–H and O–H groups in total. The molecule has 0 aliphatic carbocycles. The van der Waals surface area contributed by atoms with Crippen molar-refractivity contribution in [2.24, 2.45) is 0 Å². The van der Waals surface area contributed by atoms with Crippen LogP contribution in [0.15, 0.2) is 35.5 Å². The predicted molar refractivity (Wildman–Crippen MR) is 89.6 cm³/mol. The highest BCUT2D eigenvalue weighted by atomic mass is 14.0. The van der Waals surface area contributed by atoms with Crippen molar-refractivity contribution in [1.29, 1.82) is 0 Å². The lowest BCUT2D eigenvalue weighted by Gasteiger charge is -2.00. The molecule has 0 atom stereocenters. The van der Waals surface area contributed by atoms with Crippen molar-refractivity contribution < 1.29 is 0 Å². The zero-order valence-corrected chi connectivity index (χ0v) is 13.7. The van der Waals surface area contributed by atoms with Crippen LogP contribution in [0.3, 0.4) is 0 Å². The van der Waals surface area contributed by atoms with E-state index in [-0.39, 0.29) is 0 Å². The monoisotopic (exact) mass is 262 g/mol. The average molecular weight is 262 g/mol. The Morgan fingerprint density at radius 1 is 0.842 bits per heavy atom. The lowest BCUT2D eigenvalue weighted by molar-refractivity contribution is 0.636. The molecular weight excluding hydrogens is 228 g/mol. The van der Waals surface area contributed by atoms with Gasteiger partial charge in [-0.25, -0.2) is 0 Å². The van der Waals surface area contributed by atoms with Gasteiger partial charge in [0.2, 0.25) is 0 Å². The standard InChI is InChI=1S/C19H34/c1-5-7-9-10-11-12-15-19(4)17-13-16-18(3)14-8-6-2/h8,14-16H,5-7,9-13,17H2,1-4H3. The van der Waals surface area contributed by atoms with Crippen LogP contribution in [0.2, 0.25) is 0 Å². The van der Waals surface area contributed by atoms with Crippen LogP contribution in [0, 0.1) is 0 Å². The van der Waals surface area contributed by atoms with Crippen LogP contribution in [-0.4, -0.2) is 0 Å². The van der Waals surface area contributed by atoms with Gasteiger partial charge < -0.3 is 0 Å². The summed E-state index contributed by atoms with van der Waals surface area (Å²) in [6, 6.07) is 0. The molecular formula is C19H34. The molecule has 0 heterocycles. The largest absolute Gasteiger partial charge is 0.0856 e. The van der Waals surface area contributed by atoms with Crippen LogP contribution >= 0.6 is 0 Å². The summed E-state index contributed by atoms with van der Waals surface area (Å²) in [5.41, 5.74) is 2.95. The van der Waals surface area contributed by atoms with Crippen LogP contribution in [0.25, 0.3) is 0 Å². The zero-order chi connectivity index (χ0) is 14.3. The highest BCUT2D eigenvalue weighted by Gasteiger charge is 1.91. The van der Waals surface area contributed by atoms with Gasteiger partial charge in [-0.3, -0.25) is 0 Å². The Balaban J connectivity index is 3.67. The Morgan fingerprint density at radius 2 is 1.58 bits per heavy atom. The number of rotatable bonds is 11. The molecule has 0 radical (unpaired) electrons. The first-order chi connectivity index (χ1) is 9.20. The SMILES string of the molecule is CCC=CC(C)=CCCC(C)=CCCCCCCC. The summed E-state index contributed by atoms with van der Waals surface area (Å²) in [6.45, 7) is 8.92. The van der Waals surface area contributed by atoms with Gasteiger partial charge >= 0.3 is 0 Å². The van der Waals surface area contributed by atoms with E-state index >= 15 is 0 Å². The second-order valence-corrected chi connectivity index (χ2v) is 5.55. The summed E-state index contributed by atoms with van der Waals surface area (Å²) in [5, 5.41) is 0. The third kappa shape index (κ3) is 13.5. The van der Waals surface area contributed by atoms with Gasteiger partial charge in [0.15, 0.2) is 0 Å². The van der Waals surface area contributed by atoms with Crippen LogP contribution in [0.5, 0.6) is 0 Å². The molecule has 0 aromatic rings. The number of allylic oxidation sites excluding steroid dienone is 6. The van der Waals surface area contributed by atoms with Crippen molar-refractivity contribution in [3.8, 4) is 0 Å². The summed E-state index contributed by atoms with van der Waals surface area (Å²) >= 11 is 0. The first-order valence-electron chi connectivity index (χ1n) is 8.19. The van der Waals surface area contributed by atoms with E-state index in [0.717, 1.165) is 6.42 Å². The second-order valence-electron chi connectivity index (χ2n) is 5.55. The van der Waals surface area contributed by atoms with E-state index in [9.17, 15) is 0 Å². The Bertz CT molecular complexity index is 278. The fourth-order valence-electron chi connectivity index (χ4n) is 2.10. The first kappa shape index (κ1) is 18.2. The number of unbranched alkanes of at least 4 members (excludes halogenated alkanes) is 5. The summed E-state index contributed by atoms with van der Waals surface area (Å²) < 4.78 is 0. The maximum absolute atomic E-state index is 2.44. The maximum Gasteiger partial charge on any atom is -0.0288 e. The van der Waals surface area contributed by atoms with E-state index in [4.69, 9.17) is 0 Å². The van der Waals surface area contributed by atoms with Gasteiger partial charge in [-0.15, -0.1) is 0 Å². The molecule has 0 saturated heterocycles. The zero-order valence-electron chi connectivity index (χ0n) is 13.7. The average Bonchev–Trinajstić information content (AvgIpc) is 2.40. The Labute approximate surface area is 121 Å². The van der Waals surface area contributed by atoms with Gasteiger partial charge in [0, 0.05) is 0 Å². The Hall–Kier alpha value is -0.780. The van der Waals surface area contributed by atoms with Gasteiger partial charge in [-0.1, -0.05) is 75.0 Å². The van der Waals surface area contributed by atoms with E-state index in [0.29, 0.717) is 0 Å². The summed E-state index contributed by atoms with van der Waals surface area (Å²) in [5.74, 6) is 0. The molecule has 0 aromatic heterocycles. The lowest BCUT2D eigenvalue weighted by Crippen LogP contribution is -1.80. The summed E-state index contributed by atoms with van der Waals surface area (Å²) in [7, 11) is 0. The minimum atomic E-state index is 1.13. The molecule has 0 aliphatic rings. The van der Waals surface area contributed by atoms with Gasteiger partial charge in [0.05, 0.1) is 0 Å². The maximum atomic E-state index is 2.44. The molecule has 0 saturated carbocycles. The molecule has 0 aromatic carbocycles. The fourth-order valence-corrected chi connectivity index (χ4v) is 2.10. The van der Waals surface area contributed by atoms with Crippen molar-refractivity contribution in [2.45, 2.75) is 85.5 Å². The second kappa shape index (κ2) is 13.6. The van der Waals surface area contributed by atoms with Crippen molar-refractivity contribution in [2.75, 3.05) is 0 Å². The molecule has 0 fully saturated rings. The van der Waals surface area contributed by atoms with E-state index in [2.05, 4.69) is 52.0 Å². The molecule has 0 bridgehead atoms. The molecule has 0 spiro atoms. The molecule has 0 heteroatoms. The van der Waals surface area contributed by atoms with Gasteiger partial charge in [0.25, 0.3) is 0 Å². The van der Waals surface area contributed by atoms with E-state index < -0.39 is 0 Å². The quantitative estimate of drug-likeness (QED) is 0.214. The van der Waals surface area contributed by atoms with Crippen LogP contribution in [0.4, 0.5) is 0 Å². The molecule has 0 rings (SSSR count). The highest BCUT2D eigenvalue weighted by molar-refractivity contribution is 5.16. The third-order valence-corrected chi connectivity index (χ3v) is 3.42. The minimum absolute atomic E-state index is 1.13. The van der Waals surface area contributed by atoms with Crippen LogP contribution in [-0.2, 0) is 0 Å². The van der Waals surface area contributed by atoms with E-state index in [1.807, 2.05) is 0 Å². The first-order valence-corrected chi connectivity index (χ1v) is 8.19. The summed E-state index contributed by atoms with van der Waals surface area (Å²) in [6.07, 6.45) is 21.0. The molecule has 0 amide bonds. The smallest absolute Gasteiger partial charge is 0.0288 e. The van der Waals surface area contributed by atoms with E-state index in [1.54, 1.807) is 5.57 Å².